The van der Waals surface area contributed by atoms with Crippen molar-refractivity contribution < 1.29 is 4.74 Å². The van der Waals surface area contributed by atoms with E-state index in [0.717, 1.165) is 6.61 Å². The Morgan fingerprint density at radius 3 is 2.70 bits per heavy atom. The zero-order valence-corrected chi connectivity index (χ0v) is 6.27. The number of aromatic amines is 1. The molecule has 0 amide bonds. The van der Waals surface area contributed by atoms with Gasteiger partial charge in [0.05, 0.1) is 6.61 Å². The zero-order chi connectivity index (χ0) is 7.14. The summed E-state index contributed by atoms with van der Waals surface area (Å²) < 4.78 is 5.19. The largest absolute Gasteiger partial charge is 0.368 e. The molecule has 2 nitrogen and oxygen atoms in total. The van der Waals surface area contributed by atoms with Gasteiger partial charge in [0.2, 0.25) is 0 Å². The second kappa shape index (κ2) is 1.86. The van der Waals surface area contributed by atoms with Crippen LogP contribution in [0.2, 0.25) is 0 Å². The summed E-state index contributed by atoms with van der Waals surface area (Å²) in [4.78, 5) is 3.18. The first-order valence-corrected chi connectivity index (χ1v) is 3.55. The average molecular weight is 137 g/mol. The maximum atomic E-state index is 5.19. The highest BCUT2D eigenvalue weighted by molar-refractivity contribution is 5.33. The van der Waals surface area contributed by atoms with E-state index in [1.807, 2.05) is 6.20 Å². The monoisotopic (exact) mass is 137 g/mol. The van der Waals surface area contributed by atoms with Gasteiger partial charge < -0.3 is 9.72 Å². The molecule has 0 spiro atoms. The van der Waals surface area contributed by atoms with E-state index in [-0.39, 0.29) is 0 Å². The third kappa shape index (κ3) is 0.762. The molecule has 0 unspecified atom stereocenters. The minimum absolute atomic E-state index is 0.395. The van der Waals surface area contributed by atoms with Crippen molar-refractivity contribution in [3.05, 3.63) is 23.0 Å². The fraction of sp³-hybridized carbons (Fsp3) is 0.500. The summed E-state index contributed by atoms with van der Waals surface area (Å²) in [5.41, 5.74) is 3.93. The van der Waals surface area contributed by atoms with Crippen molar-refractivity contribution in [2.24, 2.45) is 0 Å². The van der Waals surface area contributed by atoms with Crippen LogP contribution in [-0.2, 0) is 4.74 Å². The number of ether oxygens (including phenoxy) is 1. The van der Waals surface area contributed by atoms with E-state index in [1.54, 1.807) is 0 Å². The van der Waals surface area contributed by atoms with Gasteiger partial charge >= 0.3 is 0 Å². The minimum Gasteiger partial charge on any atom is -0.368 e. The van der Waals surface area contributed by atoms with E-state index >= 15 is 0 Å². The number of H-pyrrole nitrogens is 1. The van der Waals surface area contributed by atoms with Gasteiger partial charge in [-0.2, -0.15) is 0 Å². The number of epoxide rings is 1. The molecule has 2 heteroatoms. The Bertz CT molecular complexity index is 228. The lowest BCUT2D eigenvalue weighted by Gasteiger charge is -1.93. The Labute approximate surface area is 60.2 Å². The third-order valence-corrected chi connectivity index (χ3v) is 1.99. The molecule has 2 heterocycles. The summed E-state index contributed by atoms with van der Waals surface area (Å²) >= 11 is 0. The van der Waals surface area contributed by atoms with E-state index in [9.17, 15) is 0 Å². The van der Waals surface area contributed by atoms with Crippen LogP contribution < -0.4 is 0 Å². The van der Waals surface area contributed by atoms with Gasteiger partial charge in [-0.3, -0.25) is 0 Å². The Balaban J connectivity index is 2.44. The fourth-order valence-corrected chi connectivity index (χ4v) is 1.38. The van der Waals surface area contributed by atoms with Gasteiger partial charge in [-0.1, -0.05) is 0 Å². The SMILES string of the molecule is Cc1c[nH]c(C)c1[C@@H]1CO1. The Hall–Kier alpha value is -0.760. The van der Waals surface area contributed by atoms with E-state index in [2.05, 4.69) is 18.8 Å². The second-order valence-electron chi connectivity index (χ2n) is 2.83. The van der Waals surface area contributed by atoms with Gasteiger partial charge in [-0.25, -0.2) is 0 Å². The maximum Gasteiger partial charge on any atom is 0.108 e. The summed E-state index contributed by atoms with van der Waals surface area (Å²) in [5.74, 6) is 0. The first-order valence-electron chi connectivity index (χ1n) is 3.55. The van der Waals surface area contributed by atoms with Crippen LogP contribution in [0.15, 0.2) is 6.20 Å². The van der Waals surface area contributed by atoms with Gasteiger partial charge in [0.15, 0.2) is 0 Å². The highest BCUT2D eigenvalue weighted by atomic mass is 16.6. The van der Waals surface area contributed by atoms with Crippen molar-refractivity contribution in [1.29, 1.82) is 0 Å². The van der Waals surface area contributed by atoms with Gasteiger partial charge in [0, 0.05) is 17.5 Å². The smallest absolute Gasteiger partial charge is 0.108 e. The predicted octanol–water partition coefficient (Wildman–Crippen LogP) is 1.70. The maximum absolute atomic E-state index is 5.19. The molecule has 1 aromatic heterocycles. The molecule has 2 rings (SSSR count). The molecule has 1 fully saturated rings. The summed E-state index contributed by atoms with van der Waals surface area (Å²) in [6, 6.07) is 0. The lowest BCUT2D eigenvalue weighted by atomic mass is 10.1. The Kier molecular flexibility index (Phi) is 1.11. The summed E-state index contributed by atoms with van der Waals surface area (Å²) in [6.07, 6.45) is 2.43. The highest BCUT2D eigenvalue weighted by Gasteiger charge is 2.28. The average Bonchev–Trinajstić information content (AvgIpc) is 2.64. The van der Waals surface area contributed by atoms with Crippen molar-refractivity contribution in [3.8, 4) is 0 Å². The molecule has 10 heavy (non-hydrogen) atoms. The summed E-state index contributed by atoms with van der Waals surface area (Å²) in [7, 11) is 0. The van der Waals surface area contributed by atoms with Gasteiger partial charge in [-0.15, -0.1) is 0 Å². The lowest BCUT2D eigenvalue weighted by molar-refractivity contribution is 0.414. The van der Waals surface area contributed by atoms with Crippen LogP contribution in [0.4, 0.5) is 0 Å². The number of nitrogens with one attached hydrogen (secondary N) is 1. The number of hydrogen-bond acceptors (Lipinski definition) is 1. The van der Waals surface area contributed by atoms with Crippen molar-refractivity contribution in [3.63, 3.8) is 0 Å². The Morgan fingerprint density at radius 2 is 2.30 bits per heavy atom. The summed E-state index contributed by atoms with van der Waals surface area (Å²) in [5, 5.41) is 0. The Morgan fingerprint density at radius 1 is 1.60 bits per heavy atom. The summed E-state index contributed by atoms with van der Waals surface area (Å²) in [6.45, 7) is 5.10. The van der Waals surface area contributed by atoms with Crippen LogP contribution in [0.25, 0.3) is 0 Å². The normalized spacial score (nSPS) is 23.2. The quantitative estimate of drug-likeness (QED) is 0.586. The van der Waals surface area contributed by atoms with Crippen LogP contribution in [-0.4, -0.2) is 11.6 Å². The van der Waals surface area contributed by atoms with Crippen LogP contribution in [0.1, 0.15) is 22.9 Å². The van der Waals surface area contributed by atoms with Gasteiger partial charge in [0.25, 0.3) is 0 Å². The van der Waals surface area contributed by atoms with Crippen LogP contribution >= 0.6 is 0 Å². The molecule has 1 aromatic rings. The van der Waals surface area contributed by atoms with Gasteiger partial charge in [-0.05, 0) is 19.4 Å². The molecule has 1 aliphatic heterocycles. The first-order chi connectivity index (χ1) is 4.79. The van der Waals surface area contributed by atoms with Crippen molar-refractivity contribution in [2.75, 3.05) is 6.61 Å². The highest BCUT2D eigenvalue weighted by Crippen LogP contribution is 2.33. The molecule has 0 radical (unpaired) electrons. The third-order valence-electron chi connectivity index (χ3n) is 1.99. The molecule has 0 saturated carbocycles. The van der Waals surface area contributed by atoms with Crippen molar-refractivity contribution >= 4 is 0 Å². The molecular weight excluding hydrogens is 126 g/mol. The van der Waals surface area contributed by atoms with E-state index < -0.39 is 0 Å². The topological polar surface area (TPSA) is 28.3 Å². The molecule has 0 aliphatic carbocycles. The van der Waals surface area contributed by atoms with Gasteiger partial charge in [0.1, 0.15) is 6.10 Å². The standard InChI is InChI=1S/C8H11NO/c1-5-3-9-6(2)8(5)7-4-10-7/h3,7,9H,4H2,1-2H3/t7-/m0/s1. The van der Waals surface area contributed by atoms with E-state index in [0.29, 0.717) is 6.10 Å². The molecule has 54 valence electrons. The number of aromatic nitrogens is 1. The van der Waals surface area contributed by atoms with E-state index in [4.69, 9.17) is 4.74 Å². The molecular formula is C8H11NO. The van der Waals surface area contributed by atoms with Crippen molar-refractivity contribution in [1.82, 2.24) is 4.98 Å². The molecule has 0 aromatic carbocycles. The second-order valence-corrected chi connectivity index (χ2v) is 2.83. The molecule has 1 aliphatic rings. The van der Waals surface area contributed by atoms with E-state index in [1.165, 1.54) is 16.8 Å². The lowest BCUT2D eigenvalue weighted by Crippen LogP contribution is -1.83. The molecule has 1 saturated heterocycles. The number of aryl methyl sites for hydroxylation is 2. The first kappa shape index (κ1) is 5.98. The number of rotatable bonds is 1. The van der Waals surface area contributed by atoms with Crippen LogP contribution in [0.5, 0.6) is 0 Å². The molecule has 1 N–H and O–H groups in total. The van der Waals surface area contributed by atoms with Crippen LogP contribution in [0, 0.1) is 13.8 Å². The minimum atomic E-state index is 0.395. The number of hydrogen-bond donors (Lipinski definition) is 1. The zero-order valence-electron chi connectivity index (χ0n) is 6.27. The predicted molar refractivity (Wildman–Crippen MR) is 39.0 cm³/mol. The van der Waals surface area contributed by atoms with Crippen LogP contribution in [0.3, 0.4) is 0 Å². The van der Waals surface area contributed by atoms with Crippen molar-refractivity contribution in [2.45, 2.75) is 20.0 Å². The molecule has 1 atom stereocenters. The molecule has 0 bridgehead atoms. The fourth-order valence-electron chi connectivity index (χ4n) is 1.38.